The predicted octanol–water partition coefficient (Wildman–Crippen LogP) is 5.44. The number of nitrogens with zero attached hydrogens (tertiary/aromatic N) is 1. The van der Waals surface area contributed by atoms with E-state index in [0.29, 0.717) is 12.3 Å². The van der Waals surface area contributed by atoms with Crippen LogP contribution in [0.4, 0.5) is 5.69 Å². The molecule has 0 aliphatic carbocycles. The van der Waals surface area contributed by atoms with Gasteiger partial charge in [0.2, 0.25) is 5.91 Å². The summed E-state index contributed by atoms with van der Waals surface area (Å²) in [5, 5.41) is 0. The summed E-state index contributed by atoms with van der Waals surface area (Å²) >= 11 is 0. The summed E-state index contributed by atoms with van der Waals surface area (Å²) in [6, 6.07) is 23.7. The number of rotatable bonds is 6. The average Bonchev–Trinajstić information content (AvgIpc) is 3.20. The molecule has 1 aliphatic rings. The lowest BCUT2D eigenvalue weighted by molar-refractivity contribution is -0.139. The minimum atomic E-state index is -0.462. The molecule has 31 heavy (non-hydrogen) atoms. The zero-order valence-corrected chi connectivity index (χ0v) is 18.0. The van der Waals surface area contributed by atoms with Gasteiger partial charge in [0.1, 0.15) is 5.75 Å². The molecule has 1 atom stereocenters. The number of aryl methyl sites for hydroxylation is 2. The Morgan fingerprint density at radius 3 is 2.10 bits per heavy atom. The third-order valence-corrected chi connectivity index (χ3v) is 5.87. The largest absolute Gasteiger partial charge is 0.426 e. The van der Waals surface area contributed by atoms with E-state index in [1.807, 2.05) is 48.5 Å². The molecule has 0 unspecified atom stereocenters. The molecule has 1 saturated heterocycles. The number of hydrogen-bond donors (Lipinski definition) is 0. The Hall–Kier alpha value is -3.40. The maximum atomic E-state index is 12.8. The van der Waals surface area contributed by atoms with Crippen LogP contribution in [0.25, 0.3) is 11.1 Å². The summed E-state index contributed by atoms with van der Waals surface area (Å²) in [5.74, 6) is -0.331. The highest BCUT2D eigenvalue weighted by atomic mass is 16.5. The summed E-state index contributed by atoms with van der Waals surface area (Å²) in [4.78, 5) is 27.4. The highest BCUT2D eigenvalue weighted by Gasteiger charge is 2.37. The van der Waals surface area contributed by atoms with E-state index in [0.717, 1.165) is 40.8 Å². The fourth-order valence-electron chi connectivity index (χ4n) is 4.19. The van der Waals surface area contributed by atoms with Crippen molar-refractivity contribution in [2.24, 2.45) is 5.92 Å². The van der Waals surface area contributed by atoms with Crippen LogP contribution >= 0.6 is 0 Å². The van der Waals surface area contributed by atoms with E-state index in [-0.39, 0.29) is 18.3 Å². The van der Waals surface area contributed by atoms with Crippen LogP contribution in [0.15, 0.2) is 72.8 Å². The van der Waals surface area contributed by atoms with Gasteiger partial charge in [-0.2, -0.15) is 0 Å². The fourth-order valence-corrected chi connectivity index (χ4v) is 4.19. The van der Waals surface area contributed by atoms with E-state index < -0.39 is 5.92 Å². The number of carbonyl (C=O) groups is 2. The Balaban J connectivity index is 1.47. The molecule has 0 radical (unpaired) electrons. The van der Waals surface area contributed by atoms with Gasteiger partial charge >= 0.3 is 5.97 Å². The molecule has 0 saturated carbocycles. The van der Waals surface area contributed by atoms with E-state index in [2.05, 4.69) is 26.0 Å². The highest BCUT2D eigenvalue weighted by Crippen LogP contribution is 2.33. The molecule has 0 bridgehead atoms. The second-order valence-corrected chi connectivity index (χ2v) is 7.85. The van der Waals surface area contributed by atoms with Crippen molar-refractivity contribution in [2.75, 3.05) is 11.4 Å². The van der Waals surface area contributed by atoms with Crippen LogP contribution in [0.5, 0.6) is 5.75 Å². The van der Waals surface area contributed by atoms with Crippen molar-refractivity contribution >= 4 is 17.6 Å². The van der Waals surface area contributed by atoms with Gasteiger partial charge < -0.3 is 9.64 Å². The molecule has 0 aromatic heterocycles. The molecular formula is C27H27NO3. The van der Waals surface area contributed by atoms with Crippen LogP contribution < -0.4 is 9.64 Å². The van der Waals surface area contributed by atoms with Crippen molar-refractivity contribution in [3.63, 3.8) is 0 Å². The third kappa shape index (κ3) is 4.38. The molecule has 3 aromatic rings. The van der Waals surface area contributed by atoms with Crippen LogP contribution in [0.2, 0.25) is 0 Å². The molecule has 4 heteroatoms. The van der Waals surface area contributed by atoms with E-state index in [1.165, 1.54) is 0 Å². The Morgan fingerprint density at radius 2 is 1.48 bits per heavy atom. The highest BCUT2D eigenvalue weighted by molar-refractivity contribution is 6.01. The standard InChI is InChI=1S/C27H27NO3/c1-3-19-11-8-12-20(4-2)26(19)28-18-23(17-25(28)29)27(30)31-24-15-13-22(14-16-24)21-9-6-5-7-10-21/h5-16,23H,3-4,17-18H2,1-2H3/t23-/m0/s1. The summed E-state index contributed by atoms with van der Waals surface area (Å²) in [6.07, 6.45) is 1.87. The van der Waals surface area contributed by atoms with Gasteiger partial charge in [0.25, 0.3) is 0 Å². The minimum absolute atomic E-state index is 0.0167. The topological polar surface area (TPSA) is 46.6 Å². The number of para-hydroxylation sites is 1. The zero-order chi connectivity index (χ0) is 21.8. The summed E-state index contributed by atoms with van der Waals surface area (Å²) in [6.45, 7) is 4.54. The number of anilines is 1. The Labute approximate surface area is 183 Å². The van der Waals surface area contributed by atoms with Crippen molar-refractivity contribution < 1.29 is 14.3 Å². The molecule has 4 nitrogen and oxygen atoms in total. The number of carbonyl (C=O) groups excluding carboxylic acids is 2. The molecule has 3 aromatic carbocycles. The van der Waals surface area contributed by atoms with Gasteiger partial charge in [-0.05, 0) is 47.2 Å². The molecule has 0 spiro atoms. The van der Waals surface area contributed by atoms with Crippen molar-refractivity contribution in [2.45, 2.75) is 33.1 Å². The lowest BCUT2D eigenvalue weighted by Crippen LogP contribution is -2.29. The second-order valence-electron chi connectivity index (χ2n) is 7.85. The Morgan fingerprint density at radius 1 is 0.871 bits per heavy atom. The molecule has 158 valence electrons. The van der Waals surface area contributed by atoms with Crippen molar-refractivity contribution in [1.82, 2.24) is 0 Å². The predicted molar refractivity (Wildman–Crippen MR) is 123 cm³/mol. The number of amides is 1. The van der Waals surface area contributed by atoms with Gasteiger partial charge in [0.05, 0.1) is 5.92 Å². The smallest absolute Gasteiger partial charge is 0.316 e. The number of ether oxygens (including phenoxy) is 1. The first kappa shape index (κ1) is 20.9. The van der Waals surface area contributed by atoms with E-state index in [9.17, 15) is 9.59 Å². The SMILES string of the molecule is CCc1cccc(CC)c1N1C[C@@H](C(=O)Oc2ccc(-c3ccccc3)cc2)CC1=O. The second kappa shape index (κ2) is 9.17. The van der Waals surface area contributed by atoms with E-state index in [1.54, 1.807) is 17.0 Å². The molecular weight excluding hydrogens is 386 g/mol. The molecule has 1 aliphatic heterocycles. The van der Waals surface area contributed by atoms with Gasteiger partial charge in [-0.25, -0.2) is 0 Å². The Kier molecular flexibility index (Phi) is 6.17. The summed E-state index contributed by atoms with van der Waals surface area (Å²) in [7, 11) is 0. The lowest BCUT2D eigenvalue weighted by atomic mass is 10.0. The summed E-state index contributed by atoms with van der Waals surface area (Å²) in [5.41, 5.74) is 5.42. The monoisotopic (exact) mass is 413 g/mol. The lowest BCUT2D eigenvalue weighted by Gasteiger charge is -2.23. The first-order chi connectivity index (χ1) is 15.1. The first-order valence-corrected chi connectivity index (χ1v) is 10.9. The van der Waals surface area contributed by atoms with Gasteiger partial charge in [0.15, 0.2) is 0 Å². The van der Waals surface area contributed by atoms with Crippen LogP contribution in [0, 0.1) is 5.92 Å². The number of esters is 1. The first-order valence-electron chi connectivity index (χ1n) is 10.9. The third-order valence-electron chi connectivity index (χ3n) is 5.87. The van der Waals surface area contributed by atoms with Gasteiger partial charge in [-0.1, -0.05) is 74.5 Å². The van der Waals surface area contributed by atoms with E-state index in [4.69, 9.17) is 4.74 Å². The van der Waals surface area contributed by atoms with Crippen molar-refractivity contribution in [3.8, 4) is 16.9 Å². The zero-order valence-electron chi connectivity index (χ0n) is 18.0. The molecule has 1 fully saturated rings. The average molecular weight is 414 g/mol. The van der Waals surface area contributed by atoms with Crippen molar-refractivity contribution in [3.05, 3.63) is 83.9 Å². The molecule has 4 rings (SSSR count). The van der Waals surface area contributed by atoms with E-state index >= 15 is 0 Å². The normalized spacial score (nSPS) is 15.9. The van der Waals surface area contributed by atoms with Crippen LogP contribution in [0.3, 0.4) is 0 Å². The number of hydrogen-bond acceptors (Lipinski definition) is 3. The van der Waals surface area contributed by atoms with Crippen LogP contribution in [-0.4, -0.2) is 18.4 Å². The van der Waals surface area contributed by atoms with Gasteiger partial charge in [-0.3, -0.25) is 9.59 Å². The summed E-state index contributed by atoms with van der Waals surface area (Å²) < 4.78 is 5.62. The Bertz CT molecular complexity index is 1050. The number of benzene rings is 3. The van der Waals surface area contributed by atoms with Crippen LogP contribution in [-0.2, 0) is 22.4 Å². The van der Waals surface area contributed by atoms with Gasteiger partial charge in [0, 0.05) is 18.7 Å². The molecule has 1 heterocycles. The molecule has 0 N–H and O–H groups in total. The fraction of sp³-hybridized carbons (Fsp3) is 0.259. The molecule has 1 amide bonds. The maximum Gasteiger partial charge on any atom is 0.316 e. The minimum Gasteiger partial charge on any atom is -0.426 e. The maximum absolute atomic E-state index is 12.8. The van der Waals surface area contributed by atoms with Crippen molar-refractivity contribution in [1.29, 1.82) is 0 Å². The van der Waals surface area contributed by atoms with Crippen LogP contribution in [0.1, 0.15) is 31.4 Å². The van der Waals surface area contributed by atoms with Gasteiger partial charge in [-0.15, -0.1) is 0 Å². The quantitative estimate of drug-likeness (QED) is 0.399.